The van der Waals surface area contributed by atoms with E-state index >= 15 is 0 Å². The van der Waals surface area contributed by atoms with Gasteiger partial charge in [0.1, 0.15) is 17.4 Å². The first-order valence-electron chi connectivity index (χ1n) is 8.92. The maximum Gasteiger partial charge on any atom is 0.258 e. The Morgan fingerprint density at radius 1 is 1.25 bits per heavy atom. The molecule has 2 bridgehead atoms. The average Bonchev–Trinajstić information content (AvgIpc) is 3.07. The molecule has 9 heteroatoms. The summed E-state index contributed by atoms with van der Waals surface area (Å²) in [4.78, 5) is 16.7. The summed E-state index contributed by atoms with van der Waals surface area (Å²) >= 11 is 5.63. The largest absolute Gasteiger partial charge is 0.484 e. The van der Waals surface area contributed by atoms with Crippen LogP contribution in [0.4, 0.5) is 10.2 Å². The molecule has 3 aliphatic carbocycles. The first-order valence-corrected chi connectivity index (χ1v) is 9.30. The predicted molar refractivity (Wildman–Crippen MR) is 101 cm³/mol. The lowest BCUT2D eigenvalue weighted by Crippen LogP contribution is -2.81. The zero-order valence-electron chi connectivity index (χ0n) is 14.8. The minimum absolute atomic E-state index is 0.0151. The van der Waals surface area contributed by atoms with Crippen LogP contribution in [0, 0.1) is 5.82 Å². The molecule has 28 heavy (non-hydrogen) atoms. The van der Waals surface area contributed by atoms with Crippen molar-refractivity contribution in [2.75, 3.05) is 11.9 Å². The second-order valence-electron chi connectivity index (χ2n) is 7.58. The van der Waals surface area contributed by atoms with Crippen molar-refractivity contribution in [2.45, 2.75) is 30.3 Å². The summed E-state index contributed by atoms with van der Waals surface area (Å²) in [5.41, 5.74) is 0.591. The Bertz CT molecular complexity index is 1070. The van der Waals surface area contributed by atoms with Gasteiger partial charge >= 0.3 is 0 Å². The molecule has 3 fully saturated rings. The molecule has 144 valence electrons. The number of hydrogen-bond donors (Lipinski definition) is 2. The van der Waals surface area contributed by atoms with E-state index < -0.39 is 5.82 Å². The van der Waals surface area contributed by atoms with Gasteiger partial charge in [0.2, 0.25) is 0 Å². The van der Waals surface area contributed by atoms with Crippen LogP contribution in [0.2, 0.25) is 5.02 Å². The molecule has 0 saturated heterocycles. The molecule has 3 aliphatic rings. The number of benzene rings is 1. The normalized spacial score (nSPS) is 24.9. The van der Waals surface area contributed by atoms with Crippen molar-refractivity contribution >= 4 is 29.0 Å². The second kappa shape index (κ2) is 6.07. The summed E-state index contributed by atoms with van der Waals surface area (Å²) in [6.07, 6.45) is 6.09. The number of carbonyl (C=O) groups excluding carboxylic acids is 1. The molecule has 0 radical (unpaired) electrons. The fourth-order valence-corrected chi connectivity index (χ4v) is 4.37. The van der Waals surface area contributed by atoms with Crippen molar-refractivity contribution in [1.82, 2.24) is 19.9 Å². The number of carbonyl (C=O) groups is 1. The second-order valence-corrected chi connectivity index (χ2v) is 7.98. The number of halogens is 2. The summed E-state index contributed by atoms with van der Waals surface area (Å²) < 4.78 is 20.5. The standard InChI is InChI=1S/C19H17ClFN5O2/c20-13-2-1-12(7-14(13)21)28-8-17(27)25-19-9-18(10-19,11-19)24-15-4-6-26-16(23-15)3-5-22-26/h1-7H,8-11H2,(H,23,24)(H,25,27). The molecule has 0 aliphatic heterocycles. The van der Waals surface area contributed by atoms with Crippen LogP contribution in [0.5, 0.6) is 5.75 Å². The number of amides is 1. The van der Waals surface area contributed by atoms with Crippen molar-refractivity contribution in [3.63, 3.8) is 0 Å². The fraction of sp³-hybridized carbons (Fsp3) is 0.316. The highest BCUT2D eigenvalue weighted by molar-refractivity contribution is 6.30. The number of nitrogens with zero attached hydrogens (tertiary/aromatic N) is 3. The van der Waals surface area contributed by atoms with E-state index in [0.29, 0.717) is 0 Å². The SMILES string of the molecule is O=C(COc1ccc(Cl)c(F)c1)NC12CC(Nc3ccn4nccc4n3)(C1)C2. The monoisotopic (exact) mass is 401 g/mol. The molecule has 3 saturated carbocycles. The summed E-state index contributed by atoms with van der Waals surface area (Å²) in [5, 5.41) is 10.7. The highest BCUT2D eigenvalue weighted by atomic mass is 35.5. The van der Waals surface area contributed by atoms with Crippen molar-refractivity contribution in [3.05, 3.63) is 53.6 Å². The van der Waals surface area contributed by atoms with E-state index in [0.717, 1.165) is 30.7 Å². The Kier molecular flexibility index (Phi) is 3.74. The summed E-state index contributed by atoms with van der Waals surface area (Å²) in [6, 6.07) is 7.84. The van der Waals surface area contributed by atoms with Crippen LogP contribution in [0.1, 0.15) is 19.3 Å². The number of anilines is 1. The van der Waals surface area contributed by atoms with Gasteiger partial charge in [-0.25, -0.2) is 13.9 Å². The Balaban J connectivity index is 1.12. The predicted octanol–water partition coefficient (Wildman–Crippen LogP) is 2.80. The van der Waals surface area contributed by atoms with E-state index in [4.69, 9.17) is 16.3 Å². The van der Waals surface area contributed by atoms with Gasteiger partial charge in [0.05, 0.1) is 11.2 Å². The van der Waals surface area contributed by atoms with Crippen LogP contribution in [0.25, 0.3) is 5.65 Å². The fourth-order valence-electron chi connectivity index (χ4n) is 4.25. The van der Waals surface area contributed by atoms with E-state index in [1.165, 1.54) is 18.2 Å². The van der Waals surface area contributed by atoms with Crippen molar-refractivity contribution in [2.24, 2.45) is 0 Å². The number of rotatable bonds is 6. The molecular formula is C19H17ClFN5O2. The van der Waals surface area contributed by atoms with Gasteiger partial charge in [-0.1, -0.05) is 11.6 Å². The van der Waals surface area contributed by atoms with Crippen molar-refractivity contribution < 1.29 is 13.9 Å². The molecule has 0 atom stereocenters. The van der Waals surface area contributed by atoms with Gasteiger partial charge < -0.3 is 15.4 Å². The number of nitrogens with one attached hydrogen (secondary N) is 2. The Morgan fingerprint density at radius 3 is 2.86 bits per heavy atom. The first kappa shape index (κ1) is 17.2. The summed E-state index contributed by atoms with van der Waals surface area (Å²) in [6.45, 7) is -0.164. The zero-order chi connectivity index (χ0) is 19.4. The van der Waals surface area contributed by atoms with Gasteiger partial charge in [-0.15, -0.1) is 0 Å². The van der Waals surface area contributed by atoms with Gasteiger partial charge in [0, 0.05) is 29.4 Å². The van der Waals surface area contributed by atoms with Gasteiger partial charge in [0.25, 0.3) is 5.91 Å². The van der Waals surface area contributed by atoms with Crippen LogP contribution in [0.3, 0.4) is 0 Å². The molecular weight excluding hydrogens is 385 g/mol. The van der Waals surface area contributed by atoms with E-state index in [1.807, 2.05) is 18.3 Å². The average molecular weight is 402 g/mol. The lowest BCUT2D eigenvalue weighted by atomic mass is 9.44. The maximum absolute atomic E-state index is 13.4. The molecule has 2 N–H and O–H groups in total. The summed E-state index contributed by atoms with van der Waals surface area (Å²) in [5.74, 6) is 0.284. The molecule has 3 aromatic rings. The molecule has 2 heterocycles. The van der Waals surface area contributed by atoms with Crippen molar-refractivity contribution in [3.8, 4) is 5.75 Å². The van der Waals surface area contributed by atoms with Crippen molar-refractivity contribution in [1.29, 1.82) is 0 Å². The molecule has 6 rings (SSSR count). The van der Waals surface area contributed by atoms with E-state index in [1.54, 1.807) is 10.7 Å². The molecule has 1 amide bonds. The summed E-state index contributed by atoms with van der Waals surface area (Å²) in [7, 11) is 0. The highest BCUT2D eigenvalue weighted by Crippen LogP contribution is 2.61. The van der Waals surface area contributed by atoms with E-state index in [9.17, 15) is 9.18 Å². The number of aromatic nitrogens is 3. The van der Waals surface area contributed by atoms with Crippen LogP contribution in [-0.2, 0) is 4.79 Å². The lowest BCUT2D eigenvalue weighted by Gasteiger charge is -2.70. The smallest absolute Gasteiger partial charge is 0.258 e. The molecule has 0 spiro atoms. The lowest BCUT2D eigenvalue weighted by molar-refractivity contribution is -0.135. The van der Waals surface area contributed by atoms with E-state index in [-0.39, 0.29) is 34.4 Å². The Morgan fingerprint density at radius 2 is 2.07 bits per heavy atom. The topological polar surface area (TPSA) is 80.5 Å². The third-order valence-corrected chi connectivity index (χ3v) is 5.65. The molecule has 1 aromatic carbocycles. The van der Waals surface area contributed by atoms with Gasteiger partial charge in [-0.05, 0) is 37.5 Å². The number of ether oxygens (including phenoxy) is 1. The number of fused-ring (bicyclic) bond motifs is 1. The molecule has 7 nitrogen and oxygen atoms in total. The Labute approximate surface area is 164 Å². The van der Waals surface area contributed by atoms with Crippen LogP contribution in [0.15, 0.2) is 42.7 Å². The molecule has 0 unspecified atom stereocenters. The van der Waals surface area contributed by atoms with Gasteiger partial charge in [-0.3, -0.25) is 4.79 Å². The van der Waals surface area contributed by atoms with E-state index in [2.05, 4.69) is 20.7 Å². The van der Waals surface area contributed by atoms with Crippen LogP contribution in [-0.4, -0.2) is 38.2 Å². The Hall–Kier alpha value is -2.87. The quantitative estimate of drug-likeness (QED) is 0.664. The zero-order valence-corrected chi connectivity index (χ0v) is 15.5. The minimum atomic E-state index is -0.574. The maximum atomic E-state index is 13.4. The third-order valence-electron chi connectivity index (χ3n) is 5.35. The van der Waals surface area contributed by atoms with Crippen LogP contribution >= 0.6 is 11.6 Å². The third kappa shape index (κ3) is 2.93. The van der Waals surface area contributed by atoms with Crippen LogP contribution < -0.4 is 15.4 Å². The first-order chi connectivity index (χ1) is 13.4. The van der Waals surface area contributed by atoms with Gasteiger partial charge in [0.15, 0.2) is 12.3 Å². The highest BCUT2D eigenvalue weighted by Gasteiger charge is 2.68. The molecule has 2 aromatic heterocycles. The number of hydrogen-bond acceptors (Lipinski definition) is 5. The minimum Gasteiger partial charge on any atom is -0.484 e. The van der Waals surface area contributed by atoms with Gasteiger partial charge in [-0.2, -0.15) is 5.10 Å².